The average molecular weight is 422 g/mol. The number of fused-ring (bicyclic) bond motifs is 1. The Balaban J connectivity index is 1.38. The number of urea groups is 1. The molecule has 31 heavy (non-hydrogen) atoms. The number of aryl methyl sites for hydroxylation is 1. The third-order valence-corrected chi connectivity index (χ3v) is 5.49. The van der Waals surface area contributed by atoms with Crippen molar-refractivity contribution in [3.63, 3.8) is 0 Å². The molecule has 5 amide bonds. The van der Waals surface area contributed by atoms with Crippen molar-refractivity contribution in [2.24, 2.45) is 5.92 Å². The summed E-state index contributed by atoms with van der Waals surface area (Å²) in [6.45, 7) is 1.99. The van der Waals surface area contributed by atoms with Gasteiger partial charge in [-0.25, -0.2) is 4.79 Å². The Morgan fingerprint density at radius 2 is 2.10 bits per heavy atom. The molecule has 2 aliphatic heterocycles. The first-order valence-electron chi connectivity index (χ1n) is 9.92. The van der Waals surface area contributed by atoms with Crippen LogP contribution in [0.2, 0.25) is 0 Å². The number of benzene rings is 1. The highest BCUT2D eigenvalue weighted by molar-refractivity contribution is 6.03. The number of carbonyl (C=O) groups excluding carboxylic acids is 4. The lowest BCUT2D eigenvalue weighted by molar-refractivity contribution is -0.143. The number of rotatable bonds is 4. The zero-order valence-corrected chi connectivity index (χ0v) is 16.8. The summed E-state index contributed by atoms with van der Waals surface area (Å²) < 4.78 is 0. The largest absolute Gasteiger partial charge is 0.508 e. The van der Waals surface area contributed by atoms with E-state index >= 15 is 0 Å². The van der Waals surface area contributed by atoms with E-state index in [1.807, 2.05) is 6.08 Å². The first kappa shape index (κ1) is 20.4. The first-order valence-corrected chi connectivity index (χ1v) is 9.92. The molecule has 1 aliphatic carbocycles. The molecular weight excluding hydrogens is 400 g/mol. The molecule has 9 nitrogen and oxygen atoms in total. The first-order chi connectivity index (χ1) is 14.8. The Kier molecular flexibility index (Phi) is 5.33. The molecule has 3 aliphatic rings. The van der Waals surface area contributed by atoms with Gasteiger partial charge < -0.3 is 20.6 Å². The SMILES string of the molecule is Cc1ccc(NC(=O)NCC2=CC3=CN(C4CCC(=O)NC4=O)C(=O)C3C=C2)cc1O. The van der Waals surface area contributed by atoms with Crippen molar-refractivity contribution in [1.29, 1.82) is 0 Å². The normalized spacial score (nSPS) is 22.5. The maximum Gasteiger partial charge on any atom is 0.319 e. The molecule has 2 heterocycles. The molecule has 0 radical (unpaired) electrons. The van der Waals surface area contributed by atoms with Crippen LogP contribution in [0.1, 0.15) is 18.4 Å². The summed E-state index contributed by atoms with van der Waals surface area (Å²) in [4.78, 5) is 49.7. The summed E-state index contributed by atoms with van der Waals surface area (Å²) in [5.74, 6) is -1.38. The van der Waals surface area contributed by atoms with E-state index in [2.05, 4.69) is 16.0 Å². The number of piperidine rings is 1. The van der Waals surface area contributed by atoms with E-state index in [1.54, 1.807) is 37.4 Å². The van der Waals surface area contributed by atoms with E-state index in [1.165, 1.54) is 11.0 Å². The fourth-order valence-electron chi connectivity index (χ4n) is 3.76. The molecule has 1 aromatic rings. The van der Waals surface area contributed by atoms with Gasteiger partial charge in [0.05, 0.1) is 5.92 Å². The molecule has 160 valence electrons. The van der Waals surface area contributed by atoms with Crippen molar-refractivity contribution in [1.82, 2.24) is 15.5 Å². The maximum atomic E-state index is 12.7. The number of amides is 5. The highest BCUT2D eigenvalue weighted by Crippen LogP contribution is 2.32. The summed E-state index contributed by atoms with van der Waals surface area (Å²) in [6.07, 6.45) is 7.46. The molecule has 4 rings (SSSR count). The van der Waals surface area contributed by atoms with E-state index < -0.39 is 23.9 Å². The number of hydrogen-bond donors (Lipinski definition) is 4. The minimum atomic E-state index is -0.691. The van der Waals surface area contributed by atoms with Crippen molar-refractivity contribution in [3.8, 4) is 5.75 Å². The fourth-order valence-corrected chi connectivity index (χ4v) is 3.76. The minimum absolute atomic E-state index is 0.0974. The van der Waals surface area contributed by atoms with Gasteiger partial charge in [-0.1, -0.05) is 24.3 Å². The van der Waals surface area contributed by atoms with Crippen LogP contribution >= 0.6 is 0 Å². The predicted octanol–water partition coefficient (Wildman–Crippen LogP) is 1.47. The minimum Gasteiger partial charge on any atom is -0.508 e. The van der Waals surface area contributed by atoms with Gasteiger partial charge in [0, 0.05) is 30.9 Å². The summed E-state index contributed by atoms with van der Waals surface area (Å²) in [5.41, 5.74) is 2.71. The Labute approximate surface area is 178 Å². The van der Waals surface area contributed by atoms with Gasteiger partial charge in [-0.15, -0.1) is 0 Å². The topological polar surface area (TPSA) is 128 Å². The molecular formula is C22H22N4O5. The quantitative estimate of drug-likeness (QED) is 0.547. The van der Waals surface area contributed by atoms with Crippen molar-refractivity contribution < 1.29 is 24.3 Å². The van der Waals surface area contributed by atoms with Gasteiger partial charge in [-0.2, -0.15) is 0 Å². The van der Waals surface area contributed by atoms with Crippen LogP contribution in [0.4, 0.5) is 10.5 Å². The van der Waals surface area contributed by atoms with Gasteiger partial charge in [-0.3, -0.25) is 19.7 Å². The number of phenols is 1. The highest BCUT2D eigenvalue weighted by Gasteiger charge is 2.40. The number of aromatic hydroxyl groups is 1. The maximum absolute atomic E-state index is 12.7. The third-order valence-electron chi connectivity index (χ3n) is 5.49. The smallest absolute Gasteiger partial charge is 0.319 e. The Morgan fingerprint density at radius 3 is 2.84 bits per heavy atom. The van der Waals surface area contributed by atoms with E-state index in [4.69, 9.17) is 0 Å². The second kappa shape index (κ2) is 8.10. The molecule has 1 fully saturated rings. The van der Waals surface area contributed by atoms with E-state index in [0.29, 0.717) is 17.7 Å². The van der Waals surface area contributed by atoms with Crippen molar-refractivity contribution in [3.05, 3.63) is 59.3 Å². The molecule has 9 heteroatoms. The monoisotopic (exact) mass is 422 g/mol. The van der Waals surface area contributed by atoms with Gasteiger partial charge in [0.1, 0.15) is 11.8 Å². The van der Waals surface area contributed by atoms with Crippen molar-refractivity contribution in [2.45, 2.75) is 25.8 Å². The molecule has 0 spiro atoms. The van der Waals surface area contributed by atoms with Crippen LogP contribution in [-0.4, -0.2) is 46.3 Å². The number of phenolic OH excluding ortho intramolecular Hbond substituents is 1. The summed E-state index contributed by atoms with van der Waals surface area (Å²) in [7, 11) is 0. The number of hydrogen-bond acceptors (Lipinski definition) is 5. The molecule has 2 atom stereocenters. The third kappa shape index (κ3) is 4.20. The van der Waals surface area contributed by atoms with E-state index in [0.717, 1.165) is 11.1 Å². The molecule has 4 N–H and O–H groups in total. The molecule has 0 bridgehead atoms. The predicted molar refractivity (Wildman–Crippen MR) is 112 cm³/mol. The van der Waals surface area contributed by atoms with Crippen LogP contribution in [0.5, 0.6) is 5.75 Å². The van der Waals surface area contributed by atoms with Crippen LogP contribution in [0.3, 0.4) is 0 Å². The van der Waals surface area contributed by atoms with Crippen molar-refractivity contribution >= 4 is 29.4 Å². The molecule has 0 saturated carbocycles. The summed E-state index contributed by atoms with van der Waals surface area (Å²) in [6, 6.07) is 3.75. The van der Waals surface area contributed by atoms with Crippen LogP contribution in [0, 0.1) is 12.8 Å². The second-order valence-corrected chi connectivity index (χ2v) is 7.71. The van der Waals surface area contributed by atoms with Crippen LogP contribution < -0.4 is 16.0 Å². The Morgan fingerprint density at radius 1 is 1.29 bits per heavy atom. The zero-order chi connectivity index (χ0) is 22.1. The summed E-state index contributed by atoms with van der Waals surface area (Å²) >= 11 is 0. The number of carbonyl (C=O) groups is 4. The lowest BCUT2D eigenvalue weighted by Crippen LogP contribution is -2.52. The average Bonchev–Trinajstić information content (AvgIpc) is 3.05. The van der Waals surface area contributed by atoms with Gasteiger partial charge >= 0.3 is 6.03 Å². The lowest BCUT2D eigenvalue weighted by Gasteiger charge is -2.28. The van der Waals surface area contributed by atoms with Crippen LogP contribution in [-0.2, 0) is 14.4 Å². The van der Waals surface area contributed by atoms with Crippen LogP contribution in [0.15, 0.2) is 53.8 Å². The number of anilines is 1. The fraction of sp³-hybridized carbons (Fsp3) is 0.273. The Bertz CT molecular complexity index is 1070. The van der Waals surface area contributed by atoms with Crippen molar-refractivity contribution in [2.75, 3.05) is 11.9 Å². The van der Waals surface area contributed by atoms with Gasteiger partial charge in [0.15, 0.2) is 0 Å². The molecule has 2 unspecified atom stereocenters. The van der Waals surface area contributed by atoms with E-state index in [9.17, 15) is 24.3 Å². The van der Waals surface area contributed by atoms with Crippen LogP contribution in [0.25, 0.3) is 0 Å². The molecule has 1 saturated heterocycles. The zero-order valence-electron chi connectivity index (χ0n) is 16.8. The lowest BCUT2D eigenvalue weighted by atomic mass is 9.93. The number of allylic oxidation sites excluding steroid dienone is 1. The van der Waals surface area contributed by atoms with Gasteiger partial charge in [0.25, 0.3) is 0 Å². The van der Waals surface area contributed by atoms with Gasteiger partial charge in [0.2, 0.25) is 17.7 Å². The highest BCUT2D eigenvalue weighted by atomic mass is 16.3. The number of nitrogens with zero attached hydrogens (tertiary/aromatic N) is 1. The second-order valence-electron chi connectivity index (χ2n) is 7.71. The molecule has 1 aromatic carbocycles. The molecule has 0 aromatic heterocycles. The number of nitrogens with one attached hydrogen (secondary N) is 3. The summed E-state index contributed by atoms with van der Waals surface area (Å²) in [5, 5.41) is 17.4. The van der Waals surface area contributed by atoms with Gasteiger partial charge in [-0.05, 0) is 36.1 Å². The standard InChI is InChI=1S/C22H22N4O5/c1-12-2-4-15(9-18(12)27)24-22(31)23-10-13-3-5-16-14(8-13)11-26(21(16)30)17-6-7-19(28)25-20(17)29/h2-5,8-9,11,16-17,27H,6-7,10H2,1H3,(H2,23,24,31)(H,25,28,29). The number of imide groups is 1. The Hall–Kier alpha value is -3.88. The van der Waals surface area contributed by atoms with E-state index in [-0.39, 0.29) is 30.5 Å².